The average Bonchev–Trinajstić information content (AvgIpc) is 3.66. The van der Waals surface area contributed by atoms with Crippen LogP contribution in [0.3, 0.4) is 0 Å². The van der Waals surface area contributed by atoms with Crippen LogP contribution in [0.1, 0.15) is 68.2 Å². The minimum Gasteiger partial charge on any atom is -0.462 e. The third kappa shape index (κ3) is 5.82. The molecule has 0 aromatic heterocycles. The van der Waals surface area contributed by atoms with Crippen LogP contribution in [0.25, 0.3) is 0 Å². The molecule has 0 radical (unpaired) electrons. The molecule has 0 unspecified atom stereocenters. The molecular formula is C31H42O14. The molecule has 2 aliphatic carbocycles. The second-order valence-electron chi connectivity index (χ2n) is 12.8. The lowest BCUT2D eigenvalue weighted by Crippen LogP contribution is -2.73. The Morgan fingerprint density at radius 3 is 1.73 bits per heavy atom. The molecule has 14 nitrogen and oxygen atoms in total. The Labute approximate surface area is 261 Å². The van der Waals surface area contributed by atoms with Gasteiger partial charge in [0.05, 0.1) is 17.9 Å². The Morgan fingerprint density at radius 1 is 0.800 bits per heavy atom. The number of aliphatic hydroxyl groups is 1. The molecule has 1 spiro atoms. The number of carbonyl (C=O) groups excluding carboxylic acids is 6. The first-order chi connectivity index (χ1) is 20.8. The fourth-order valence-corrected chi connectivity index (χ4v) is 7.80. The van der Waals surface area contributed by atoms with Crippen LogP contribution >= 0.6 is 0 Å². The fourth-order valence-electron chi connectivity index (χ4n) is 7.80. The summed E-state index contributed by atoms with van der Waals surface area (Å²) in [5.74, 6) is -7.89. The molecule has 2 saturated heterocycles. The van der Waals surface area contributed by atoms with Crippen LogP contribution in [0.15, 0.2) is 12.2 Å². The monoisotopic (exact) mass is 638 g/mol. The van der Waals surface area contributed by atoms with Crippen molar-refractivity contribution in [2.24, 2.45) is 23.2 Å². The topological polar surface area (TPSA) is 191 Å². The van der Waals surface area contributed by atoms with E-state index in [0.29, 0.717) is 0 Å². The molecule has 250 valence electrons. The van der Waals surface area contributed by atoms with Gasteiger partial charge in [-0.15, -0.1) is 0 Å². The molecule has 12 atom stereocenters. The summed E-state index contributed by atoms with van der Waals surface area (Å²) in [6.45, 7) is 14.6. The highest BCUT2D eigenvalue weighted by atomic mass is 16.6. The van der Waals surface area contributed by atoms with E-state index < -0.39 is 107 Å². The predicted octanol–water partition coefficient (Wildman–Crippen LogP) is 1.33. The van der Waals surface area contributed by atoms with Crippen molar-refractivity contribution in [2.75, 3.05) is 6.61 Å². The van der Waals surface area contributed by atoms with E-state index in [9.17, 15) is 33.9 Å². The summed E-state index contributed by atoms with van der Waals surface area (Å²) in [4.78, 5) is 76.1. The maximum atomic E-state index is 13.3. The van der Waals surface area contributed by atoms with Gasteiger partial charge in [0, 0.05) is 59.3 Å². The lowest BCUT2D eigenvalue weighted by atomic mass is 9.51. The van der Waals surface area contributed by atoms with Crippen LogP contribution in [0, 0.1) is 23.2 Å². The number of epoxide rings is 1. The van der Waals surface area contributed by atoms with Crippen molar-refractivity contribution in [1.82, 2.24) is 0 Å². The maximum absolute atomic E-state index is 13.3. The number of carbonyl (C=O) groups is 6. The average molecular weight is 639 g/mol. The van der Waals surface area contributed by atoms with Crippen molar-refractivity contribution in [1.29, 1.82) is 0 Å². The lowest BCUT2D eigenvalue weighted by Gasteiger charge is -2.58. The van der Waals surface area contributed by atoms with Crippen molar-refractivity contribution in [3.8, 4) is 0 Å². The predicted molar refractivity (Wildman–Crippen MR) is 150 cm³/mol. The summed E-state index contributed by atoms with van der Waals surface area (Å²) < 4.78 is 41.0. The van der Waals surface area contributed by atoms with Crippen LogP contribution in [0.5, 0.6) is 0 Å². The summed E-state index contributed by atoms with van der Waals surface area (Å²) in [6.07, 6.45) is -8.02. The zero-order valence-corrected chi connectivity index (χ0v) is 26.8. The minimum absolute atomic E-state index is 0.0535. The third-order valence-corrected chi connectivity index (χ3v) is 9.95. The minimum atomic E-state index is -2.28. The summed E-state index contributed by atoms with van der Waals surface area (Å²) in [6, 6.07) is 0. The SMILES string of the molecule is C=C1[C@H](OC(C)=O)C[C@H](OC(C)=O)[C@@]2(C)[C@@H](OC(C)=O)C[C@@H](OC(C)=O)[C@]3(CO3)[C@@H]2[C@H](OC(C)=O)[C@]2(O)[C@@H](C)C(=O)O[C@H]2[C@H]1C. The quantitative estimate of drug-likeness (QED) is 0.196. The summed E-state index contributed by atoms with van der Waals surface area (Å²) in [7, 11) is 0. The zero-order chi connectivity index (χ0) is 33.8. The van der Waals surface area contributed by atoms with Crippen molar-refractivity contribution >= 4 is 35.8 Å². The first-order valence-corrected chi connectivity index (χ1v) is 14.9. The van der Waals surface area contributed by atoms with E-state index in [4.69, 9.17) is 33.2 Å². The Kier molecular flexibility index (Phi) is 9.17. The highest BCUT2D eigenvalue weighted by Gasteiger charge is 2.79. The van der Waals surface area contributed by atoms with Gasteiger partial charge in [0.15, 0.2) is 5.60 Å². The molecule has 4 fully saturated rings. The van der Waals surface area contributed by atoms with Gasteiger partial charge < -0.3 is 38.3 Å². The summed E-state index contributed by atoms with van der Waals surface area (Å²) >= 11 is 0. The van der Waals surface area contributed by atoms with Crippen molar-refractivity contribution < 1.29 is 67.0 Å². The number of fused-ring (bicyclic) bond motifs is 3. The number of hydrogen-bond donors (Lipinski definition) is 1. The van der Waals surface area contributed by atoms with E-state index >= 15 is 0 Å². The van der Waals surface area contributed by atoms with Gasteiger partial charge in [-0.3, -0.25) is 28.8 Å². The molecule has 45 heavy (non-hydrogen) atoms. The van der Waals surface area contributed by atoms with Crippen molar-refractivity contribution in [3.63, 3.8) is 0 Å². The summed E-state index contributed by atoms with van der Waals surface area (Å²) in [5.41, 5.74) is -5.12. The van der Waals surface area contributed by atoms with E-state index in [-0.39, 0.29) is 25.0 Å². The van der Waals surface area contributed by atoms with Crippen LogP contribution < -0.4 is 0 Å². The molecule has 1 N–H and O–H groups in total. The Bertz CT molecular complexity index is 1290. The van der Waals surface area contributed by atoms with E-state index in [1.54, 1.807) is 13.8 Å². The first-order valence-electron chi connectivity index (χ1n) is 14.9. The number of rotatable bonds is 5. The van der Waals surface area contributed by atoms with E-state index in [2.05, 4.69) is 6.58 Å². The van der Waals surface area contributed by atoms with Gasteiger partial charge in [-0.2, -0.15) is 0 Å². The second kappa shape index (κ2) is 12.0. The first kappa shape index (κ1) is 34.4. The number of esters is 6. The van der Waals surface area contributed by atoms with Crippen LogP contribution in [-0.2, 0) is 61.9 Å². The van der Waals surface area contributed by atoms with Gasteiger partial charge in [0.25, 0.3) is 0 Å². The normalized spacial score (nSPS) is 42.3. The highest BCUT2D eigenvalue weighted by molar-refractivity contribution is 5.77. The van der Waals surface area contributed by atoms with Crippen LogP contribution in [0.4, 0.5) is 0 Å². The smallest absolute Gasteiger partial charge is 0.312 e. The van der Waals surface area contributed by atoms with Crippen molar-refractivity contribution in [2.45, 2.75) is 116 Å². The van der Waals surface area contributed by atoms with Gasteiger partial charge in [0.2, 0.25) is 0 Å². The molecule has 4 aliphatic rings. The Balaban J connectivity index is 2.12. The molecular weight excluding hydrogens is 596 g/mol. The van der Waals surface area contributed by atoms with Gasteiger partial charge in [-0.1, -0.05) is 20.4 Å². The zero-order valence-electron chi connectivity index (χ0n) is 26.8. The van der Waals surface area contributed by atoms with Crippen LogP contribution in [-0.4, -0.2) is 95.4 Å². The van der Waals surface area contributed by atoms with E-state index in [1.165, 1.54) is 34.6 Å². The van der Waals surface area contributed by atoms with E-state index in [0.717, 1.165) is 6.92 Å². The molecule has 14 heteroatoms. The number of ether oxygens (including phenoxy) is 7. The van der Waals surface area contributed by atoms with Gasteiger partial charge in [-0.25, -0.2) is 0 Å². The van der Waals surface area contributed by atoms with Gasteiger partial charge in [0.1, 0.15) is 42.2 Å². The Morgan fingerprint density at radius 2 is 1.27 bits per heavy atom. The molecule has 0 amide bonds. The standard InChI is InChI=1S/C31H42O14/c1-13-14(2)26-31(38,15(3)28(37)45-26)27(44-20(8)36)25-29(9,22(41-17(5)33)10-21(13)40-16(4)32)23(42-18(6)34)11-24(43-19(7)35)30(25)12-39-30/h14-15,21-27,38H,1,10-12H2,2-9H3/t14-,15-,21+,22-,23-,24+,25+,26-,27-,29-,30+,31-/m0/s1. The van der Waals surface area contributed by atoms with Gasteiger partial charge >= 0.3 is 35.8 Å². The second-order valence-corrected chi connectivity index (χ2v) is 12.8. The molecule has 0 aromatic rings. The summed E-state index contributed by atoms with van der Waals surface area (Å²) in [5, 5.41) is 12.8. The largest absolute Gasteiger partial charge is 0.462 e. The molecule has 0 bridgehead atoms. The van der Waals surface area contributed by atoms with E-state index in [1.807, 2.05) is 0 Å². The number of hydrogen-bond acceptors (Lipinski definition) is 14. The molecule has 2 aliphatic heterocycles. The van der Waals surface area contributed by atoms with Gasteiger partial charge in [-0.05, 0) is 12.5 Å². The molecule has 0 aromatic carbocycles. The van der Waals surface area contributed by atoms with Crippen molar-refractivity contribution in [3.05, 3.63) is 12.2 Å². The molecule has 2 heterocycles. The molecule has 4 rings (SSSR count). The maximum Gasteiger partial charge on any atom is 0.312 e. The Hall–Kier alpha value is -3.52. The third-order valence-electron chi connectivity index (χ3n) is 9.95. The lowest BCUT2D eigenvalue weighted by molar-refractivity contribution is -0.264. The fraction of sp³-hybridized carbons (Fsp3) is 0.742. The highest BCUT2D eigenvalue weighted by Crippen LogP contribution is 2.63. The van der Waals surface area contributed by atoms with Crippen LogP contribution in [0.2, 0.25) is 0 Å². The molecule has 2 saturated carbocycles.